The van der Waals surface area contributed by atoms with Crippen LogP contribution in [0.3, 0.4) is 0 Å². The highest BCUT2D eigenvalue weighted by Gasteiger charge is 2.43. The molecule has 2 fully saturated rings. The number of benzene rings is 1. The number of hydrogen-bond donors (Lipinski definition) is 1. The van der Waals surface area contributed by atoms with Crippen LogP contribution >= 0.6 is 0 Å². The molecule has 3 unspecified atom stereocenters. The van der Waals surface area contributed by atoms with Crippen molar-refractivity contribution in [2.45, 2.75) is 38.8 Å². The molecule has 2 bridgehead atoms. The van der Waals surface area contributed by atoms with Gasteiger partial charge in [0.1, 0.15) is 0 Å². The van der Waals surface area contributed by atoms with Gasteiger partial charge in [0.15, 0.2) is 0 Å². The first-order chi connectivity index (χ1) is 9.67. The zero-order valence-electron chi connectivity index (χ0n) is 12.2. The Hall–Kier alpha value is -1.35. The van der Waals surface area contributed by atoms with Crippen molar-refractivity contribution in [1.29, 1.82) is 0 Å². The van der Waals surface area contributed by atoms with Crippen LogP contribution in [0.4, 0.5) is 0 Å². The number of carbonyl (C=O) groups excluding carboxylic acids is 1. The normalized spacial score (nSPS) is 27.8. The summed E-state index contributed by atoms with van der Waals surface area (Å²) in [5.74, 6) is 2.13. The van der Waals surface area contributed by atoms with Gasteiger partial charge >= 0.3 is 0 Å². The molecule has 0 saturated heterocycles. The molecule has 2 aliphatic carbocycles. The highest BCUT2D eigenvalue weighted by molar-refractivity contribution is 5.79. The van der Waals surface area contributed by atoms with Gasteiger partial charge < -0.3 is 10.6 Å². The second-order valence-electron chi connectivity index (χ2n) is 6.50. The number of fused-ring (bicyclic) bond motifs is 2. The van der Waals surface area contributed by atoms with Gasteiger partial charge in [-0.3, -0.25) is 4.79 Å². The van der Waals surface area contributed by atoms with Crippen LogP contribution in [0.5, 0.6) is 0 Å². The van der Waals surface area contributed by atoms with E-state index in [1.165, 1.54) is 24.8 Å². The van der Waals surface area contributed by atoms with Crippen molar-refractivity contribution in [3.8, 4) is 0 Å². The van der Waals surface area contributed by atoms with E-state index in [0.29, 0.717) is 30.8 Å². The quantitative estimate of drug-likeness (QED) is 0.915. The maximum Gasteiger partial charge on any atom is 0.226 e. The average Bonchev–Trinajstić information content (AvgIpc) is 3.10. The van der Waals surface area contributed by atoms with Gasteiger partial charge in [-0.05, 0) is 42.2 Å². The lowest BCUT2D eigenvalue weighted by Crippen LogP contribution is -2.35. The first-order valence-corrected chi connectivity index (χ1v) is 7.70. The van der Waals surface area contributed by atoms with Crippen LogP contribution < -0.4 is 5.73 Å². The van der Waals surface area contributed by atoms with E-state index in [1.54, 1.807) is 0 Å². The zero-order chi connectivity index (χ0) is 14.1. The van der Waals surface area contributed by atoms with Gasteiger partial charge in [0, 0.05) is 26.1 Å². The lowest BCUT2D eigenvalue weighted by Gasteiger charge is -2.26. The summed E-state index contributed by atoms with van der Waals surface area (Å²) in [5, 5.41) is 0. The molecule has 3 atom stereocenters. The Bertz CT molecular complexity index is 482. The molecule has 0 aliphatic heterocycles. The molecule has 0 spiro atoms. The summed E-state index contributed by atoms with van der Waals surface area (Å²) in [6, 6.07) is 8.25. The Morgan fingerprint density at radius 1 is 1.20 bits per heavy atom. The Balaban J connectivity index is 1.60. The number of carbonyl (C=O) groups is 1. The number of nitrogens with zero attached hydrogens (tertiary/aromatic N) is 1. The van der Waals surface area contributed by atoms with Crippen molar-refractivity contribution in [1.82, 2.24) is 4.90 Å². The lowest BCUT2D eigenvalue weighted by atomic mass is 9.88. The van der Waals surface area contributed by atoms with Crippen LogP contribution in [-0.2, 0) is 17.9 Å². The highest BCUT2D eigenvalue weighted by atomic mass is 16.2. The number of hydrogen-bond acceptors (Lipinski definition) is 2. The maximum atomic E-state index is 12.6. The minimum atomic E-state index is 0.294. The van der Waals surface area contributed by atoms with Crippen LogP contribution in [0.15, 0.2) is 24.3 Å². The van der Waals surface area contributed by atoms with Gasteiger partial charge in [-0.25, -0.2) is 0 Å². The summed E-state index contributed by atoms with van der Waals surface area (Å²) in [5.41, 5.74) is 7.92. The van der Waals surface area contributed by atoms with E-state index in [2.05, 4.69) is 12.1 Å². The van der Waals surface area contributed by atoms with Gasteiger partial charge in [0.2, 0.25) is 5.91 Å². The van der Waals surface area contributed by atoms with Crippen molar-refractivity contribution in [3.05, 3.63) is 35.4 Å². The van der Waals surface area contributed by atoms with E-state index >= 15 is 0 Å². The monoisotopic (exact) mass is 272 g/mol. The molecule has 3 heteroatoms. The van der Waals surface area contributed by atoms with Crippen LogP contribution in [0.2, 0.25) is 0 Å². The second-order valence-corrected chi connectivity index (χ2v) is 6.50. The third-order valence-corrected chi connectivity index (χ3v) is 5.11. The van der Waals surface area contributed by atoms with Crippen molar-refractivity contribution in [2.75, 3.05) is 7.05 Å². The van der Waals surface area contributed by atoms with Gasteiger partial charge in [-0.2, -0.15) is 0 Å². The molecule has 0 aromatic heterocycles. The molecule has 3 rings (SSSR count). The molecule has 1 aromatic rings. The van der Waals surface area contributed by atoms with Crippen molar-refractivity contribution < 1.29 is 4.79 Å². The molecule has 108 valence electrons. The SMILES string of the molecule is CN(Cc1ccc(CN)cc1)C(=O)C1CC2CCC1C2. The molecule has 20 heavy (non-hydrogen) atoms. The fourth-order valence-electron chi connectivity index (χ4n) is 3.96. The molecule has 1 amide bonds. The maximum absolute atomic E-state index is 12.6. The summed E-state index contributed by atoms with van der Waals surface area (Å²) in [7, 11) is 1.94. The molecule has 0 heterocycles. The molecule has 2 N–H and O–H groups in total. The van der Waals surface area contributed by atoms with Crippen LogP contribution in [-0.4, -0.2) is 17.9 Å². The minimum Gasteiger partial charge on any atom is -0.341 e. The van der Waals surface area contributed by atoms with Gasteiger partial charge in [-0.1, -0.05) is 30.7 Å². The smallest absolute Gasteiger partial charge is 0.226 e. The van der Waals surface area contributed by atoms with Gasteiger partial charge in [0.05, 0.1) is 0 Å². The lowest BCUT2D eigenvalue weighted by molar-refractivity contribution is -0.136. The number of amides is 1. The third kappa shape index (κ3) is 2.59. The third-order valence-electron chi connectivity index (χ3n) is 5.11. The van der Waals surface area contributed by atoms with Crippen LogP contribution in [0.1, 0.15) is 36.8 Å². The molecule has 2 aliphatic rings. The molecule has 0 radical (unpaired) electrons. The molecule has 3 nitrogen and oxygen atoms in total. The zero-order valence-corrected chi connectivity index (χ0v) is 12.2. The first-order valence-electron chi connectivity index (χ1n) is 7.70. The molecular weight excluding hydrogens is 248 g/mol. The predicted molar refractivity (Wildman–Crippen MR) is 79.7 cm³/mol. The molecule has 1 aromatic carbocycles. The van der Waals surface area contributed by atoms with E-state index in [-0.39, 0.29) is 0 Å². The van der Waals surface area contributed by atoms with E-state index in [0.717, 1.165) is 17.9 Å². The fraction of sp³-hybridized carbons (Fsp3) is 0.588. The Kier molecular flexibility index (Phi) is 3.79. The number of nitrogens with two attached hydrogens (primary N) is 1. The van der Waals surface area contributed by atoms with Gasteiger partial charge in [0.25, 0.3) is 0 Å². The topological polar surface area (TPSA) is 46.3 Å². The van der Waals surface area contributed by atoms with E-state index in [1.807, 2.05) is 24.1 Å². The van der Waals surface area contributed by atoms with Crippen LogP contribution in [0.25, 0.3) is 0 Å². The minimum absolute atomic E-state index is 0.294. The Morgan fingerprint density at radius 3 is 2.45 bits per heavy atom. The summed E-state index contributed by atoms with van der Waals surface area (Å²) >= 11 is 0. The fourth-order valence-corrected chi connectivity index (χ4v) is 3.96. The summed E-state index contributed by atoms with van der Waals surface area (Å²) in [4.78, 5) is 14.5. The van der Waals surface area contributed by atoms with E-state index in [9.17, 15) is 4.79 Å². The average molecular weight is 272 g/mol. The van der Waals surface area contributed by atoms with Crippen LogP contribution in [0, 0.1) is 17.8 Å². The summed E-state index contributed by atoms with van der Waals surface area (Å²) in [6.07, 6.45) is 5.02. The predicted octanol–water partition coefficient (Wildman–Crippen LogP) is 2.54. The second kappa shape index (κ2) is 5.57. The Labute approximate surface area is 121 Å². The van der Waals surface area contributed by atoms with E-state index in [4.69, 9.17) is 5.73 Å². The summed E-state index contributed by atoms with van der Waals surface area (Å²) in [6.45, 7) is 1.28. The molecular formula is C17H24N2O. The highest BCUT2D eigenvalue weighted by Crippen LogP contribution is 2.48. The first kappa shape index (κ1) is 13.6. The summed E-state index contributed by atoms with van der Waals surface area (Å²) < 4.78 is 0. The number of rotatable bonds is 4. The molecule has 2 saturated carbocycles. The largest absolute Gasteiger partial charge is 0.341 e. The van der Waals surface area contributed by atoms with Gasteiger partial charge in [-0.15, -0.1) is 0 Å². The van der Waals surface area contributed by atoms with Crippen molar-refractivity contribution in [3.63, 3.8) is 0 Å². The Morgan fingerprint density at radius 2 is 1.90 bits per heavy atom. The van der Waals surface area contributed by atoms with E-state index < -0.39 is 0 Å². The van der Waals surface area contributed by atoms with Crippen molar-refractivity contribution in [2.24, 2.45) is 23.5 Å². The van der Waals surface area contributed by atoms with Crippen molar-refractivity contribution >= 4 is 5.91 Å². The standard InChI is InChI=1S/C17H24N2O/c1-19(11-13-4-2-12(10-18)3-5-13)17(20)16-9-14-6-7-15(16)8-14/h2-5,14-16H,6-11,18H2,1H3.